The number of nitrogens with one attached hydrogen (secondary N) is 1. The number of likely N-dealkylation sites (N-methyl/N-ethyl adjacent to an activating group) is 1. The molecule has 0 spiro atoms. The van der Waals surface area contributed by atoms with E-state index in [4.69, 9.17) is 5.73 Å². The topological polar surface area (TPSA) is 121 Å². The van der Waals surface area contributed by atoms with Gasteiger partial charge in [-0.2, -0.15) is 0 Å². The third-order valence-corrected chi connectivity index (χ3v) is 5.48. The highest BCUT2D eigenvalue weighted by molar-refractivity contribution is 9.10. The Labute approximate surface area is 201 Å². The number of aromatic nitrogens is 2. The quantitative estimate of drug-likeness (QED) is 0.523. The molecule has 2 aromatic rings. The van der Waals surface area contributed by atoms with Crippen molar-refractivity contribution < 1.29 is 9.59 Å². The van der Waals surface area contributed by atoms with E-state index in [2.05, 4.69) is 20.9 Å². The lowest BCUT2D eigenvalue weighted by molar-refractivity contribution is -0.133. The van der Waals surface area contributed by atoms with E-state index in [0.29, 0.717) is 6.54 Å². The number of anilines is 2. The molecule has 0 unspecified atom stereocenters. The van der Waals surface area contributed by atoms with Gasteiger partial charge in [0.1, 0.15) is 5.82 Å². The minimum absolute atomic E-state index is 0.0157. The second kappa shape index (κ2) is 11.3. The van der Waals surface area contributed by atoms with Crippen LogP contribution >= 0.6 is 15.9 Å². The zero-order valence-electron chi connectivity index (χ0n) is 19.7. The highest BCUT2D eigenvalue weighted by Crippen LogP contribution is 2.20. The molecule has 2 amide bonds. The summed E-state index contributed by atoms with van der Waals surface area (Å²) in [4.78, 5) is 55.8. The number of carbonyl (C=O) groups excluding carboxylic acids is 2. The first-order chi connectivity index (χ1) is 15.4. The molecule has 3 N–H and O–H groups in total. The number of rotatable bonds is 9. The Morgan fingerprint density at radius 3 is 2.21 bits per heavy atom. The fourth-order valence-electron chi connectivity index (χ4n) is 3.36. The molecule has 0 saturated heterocycles. The predicted octanol–water partition coefficient (Wildman–Crippen LogP) is 2.23. The molecular weight excluding hydrogens is 490 g/mol. The van der Waals surface area contributed by atoms with Crippen LogP contribution in [0.15, 0.2) is 38.3 Å². The first-order valence-corrected chi connectivity index (χ1v) is 11.6. The summed E-state index contributed by atoms with van der Waals surface area (Å²) in [6.45, 7) is 7.91. The number of aromatic amines is 1. The molecule has 0 aliphatic carbocycles. The van der Waals surface area contributed by atoms with Gasteiger partial charge in [-0.15, -0.1) is 0 Å². The molecule has 0 atom stereocenters. The summed E-state index contributed by atoms with van der Waals surface area (Å²) in [5, 5.41) is 0. The Hall–Kier alpha value is -2.88. The number of nitrogens with zero attached hydrogens (tertiary/aromatic N) is 3. The highest BCUT2D eigenvalue weighted by Gasteiger charge is 2.27. The van der Waals surface area contributed by atoms with Gasteiger partial charge in [0.05, 0.1) is 13.0 Å². The van der Waals surface area contributed by atoms with Crippen molar-refractivity contribution in [2.45, 2.75) is 40.7 Å². The van der Waals surface area contributed by atoms with E-state index < -0.39 is 17.2 Å². The molecule has 10 heteroatoms. The summed E-state index contributed by atoms with van der Waals surface area (Å²) in [5.74, 6) is -0.637. The molecule has 0 saturated carbocycles. The van der Waals surface area contributed by atoms with Crippen LogP contribution in [0.3, 0.4) is 0 Å². The van der Waals surface area contributed by atoms with E-state index in [1.54, 1.807) is 7.05 Å². The molecule has 0 fully saturated rings. The average molecular weight is 522 g/mol. The monoisotopic (exact) mass is 521 g/mol. The van der Waals surface area contributed by atoms with Crippen LogP contribution in [-0.2, 0) is 22.6 Å². The number of hydrogen-bond donors (Lipinski definition) is 2. The summed E-state index contributed by atoms with van der Waals surface area (Å²) >= 11 is 3.36. The van der Waals surface area contributed by atoms with Crippen LogP contribution in [-0.4, -0.2) is 46.4 Å². The Bertz CT molecular complexity index is 1110. The van der Waals surface area contributed by atoms with Gasteiger partial charge in [0.2, 0.25) is 11.8 Å². The van der Waals surface area contributed by atoms with Gasteiger partial charge in [-0.25, -0.2) is 4.79 Å². The molecule has 180 valence electrons. The lowest BCUT2D eigenvalue weighted by Gasteiger charge is -2.28. The van der Waals surface area contributed by atoms with Crippen LogP contribution in [0.5, 0.6) is 0 Å². The highest BCUT2D eigenvalue weighted by atomic mass is 79.9. The van der Waals surface area contributed by atoms with Crippen LogP contribution < -0.4 is 21.9 Å². The van der Waals surface area contributed by atoms with Crippen molar-refractivity contribution in [2.24, 2.45) is 11.8 Å². The lowest BCUT2D eigenvalue weighted by Crippen LogP contribution is -2.47. The fourth-order valence-corrected chi connectivity index (χ4v) is 3.62. The van der Waals surface area contributed by atoms with Crippen molar-refractivity contribution in [3.05, 3.63) is 55.1 Å². The maximum absolute atomic E-state index is 13.2. The lowest BCUT2D eigenvalue weighted by atomic mass is 10.1. The van der Waals surface area contributed by atoms with Crippen LogP contribution in [0.2, 0.25) is 0 Å². The molecular formula is C23H32BrN5O4. The van der Waals surface area contributed by atoms with Crippen molar-refractivity contribution in [1.29, 1.82) is 0 Å². The van der Waals surface area contributed by atoms with Gasteiger partial charge in [0.25, 0.3) is 5.56 Å². The van der Waals surface area contributed by atoms with Gasteiger partial charge < -0.3 is 15.5 Å². The fraction of sp³-hybridized carbons (Fsp3) is 0.478. The minimum Gasteiger partial charge on any atom is -0.383 e. The van der Waals surface area contributed by atoms with Gasteiger partial charge in [0, 0.05) is 24.6 Å². The largest absolute Gasteiger partial charge is 0.383 e. The first-order valence-electron chi connectivity index (χ1n) is 10.8. The number of nitrogens with two attached hydrogens (primary N) is 1. The number of benzene rings is 1. The zero-order valence-corrected chi connectivity index (χ0v) is 21.3. The van der Waals surface area contributed by atoms with E-state index in [1.165, 1.54) is 14.4 Å². The van der Waals surface area contributed by atoms with Crippen LogP contribution in [0.4, 0.5) is 11.5 Å². The number of carbonyl (C=O) groups is 2. The number of H-pyrrole nitrogens is 1. The van der Waals surface area contributed by atoms with E-state index >= 15 is 0 Å². The Morgan fingerprint density at radius 2 is 1.67 bits per heavy atom. The van der Waals surface area contributed by atoms with Gasteiger partial charge >= 0.3 is 5.69 Å². The predicted molar refractivity (Wildman–Crippen MR) is 133 cm³/mol. The third kappa shape index (κ3) is 7.05. The van der Waals surface area contributed by atoms with Gasteiger partial charge in [-0.3, -0.25) is 23.9 Å². The van der Waals surface area contributed by atoms with Gasteiger partial charge in [-0.1, -0.05) is 55.8 Å². The van der Waals surface area contributed by atoms with E-state index in [9.17, 15) is 19.2 Å². The van der Waals surface area contributed by atoms with E-state index in [-0.39, 0.29) is 48.8 Å². The van der Waals surface area contributed by atoms with Crippen LogP contribution in [0, 0.1) is 11.8 Å². The molecule has 9 nitrogen and oxygen atoms in total. The number of nitrogen functional groups attached to an aromatic ring is 1. The normalized spacial score (nSPS) is 11.2. The molecule has 0 aliphatic heterocycles. The van der Waals surface area contributed by atoms with E-state index in [0.717, 1.165) is 10.0 Å². The van der Waals surface area contributed by atoms with Crippen molar-refractivity contribution in [1.82, 2.24) is 14.5 Å². The molecule has 0 aliphatic rings. The summed E-state index contributed by atoms with van der Waals surface area (Å²) in [7, 11) is 1.54. The number of halogens is 1. The Kier molecular flexibility index (Phi) is 9.04. The number of hydrogen-bond acceptors (Lipinski definition) is 5. The molecule has 1 aromatic carbocycles. The molecule has 2 rings (SSSR count). The second-order valence-corrected chi connectivity index (χ2v) is 9.86. The second-order valence-electron chi connectivity index (χ2n) is 8.95. The molecule has 33 heavy (non-hydrogen) atoms. The molecule has 1 heterocycles. The summed E-state index contributed by atoms with van der Waals surface area (Å²) in [5.41, 5.74) is 5.63. The first kappa shape index (κ1) is 26.4. The average Bonchev–Trinajstić information content (AvgIpc) is 2.71. The van der Waals surface area contributed by atoms with Crippen LogP contribution in [0.1, 0.15) is 33.3 Å². The van der Waals surface area contributed by atoms with Gasteiger partial charge in [-0.05, 0) is 29.5 Å². The zero-order chi connectivity index (χ0) is 24.9. The maximum atomic E-state index is 13.2. The van der Waals surface area contributed by atoms with Crippen molar-refractivity contribution in [3.63, 3.8) is 0 Å². The van der Waals surface area contributed by atoms with Gasteiger partial charge in [0.15, 0.2) is 5.69 Å². The standard InChI is InChI=1S/C23H32BrN5O4/c1-14(2)11-28(20-21(25)29(12-15(3)4)23(33)26-22(20)32)19(31)13-27(5)18(30)10-16-6-8-17(24)9-7-16/h6-9,14-15H,10-13,25H2,1-5H3,(H,26,32,33). The number of amides is 2. The molecule has 1 aromatic heterocycles. The minimum atomic E-state index is -0.727. The Morgan fingerprint density at radius 1 is 1.06 bits per heavy atom. The third-order valence-electron chi connectivity index (χ3n) is 4.95. The van der Waals surface area contributed by atoms with E-state index in [1.807, 2.05) is 52.0 Å². The Balaban J connectivity index is 2.32. The van der Waals surface area contributed by atoms with Crippen molar-refractivity contribution in [2.75, 3.05) is 30.8 Å². The van der Waals surface area contributed by atoms with Crippen molar-refractivity contribution in [3.8, 4) is 0 Å². The van der Waals surface area contributed by atoms with Crippen LogP contribution in [0.25, 0.3) is 0 Å². The smallest absolute Gasteiger partial charge is 0.330 e. The van der Waals surface area contributed by atoms with Crippen molar-refractivity contribution >= 4 is 39.2 Å². The SMILES string of the molecule is CC(C)CN(C(=O)CN(C)C(=O)Cc1ccc(Br)cc1)c1c(N)n(CC(C)C)c(=O)[nH]c1=O. The molecule has 0 bridgehead atoms. The summed E-state index contributed by atoms with van der Waals surface area (Å²) in [6, 6.07) is 7.36. The molecule has 0 radical (unpaired) electrons. The summed E-state index contributed by atoms with van der Waals surface area (Å²) in [6.07, 6.45) is 0.142. The summed E-state index contributed by atoms with van der Waals surface area (Å²) < 4.78 is 2.18. The maximum Gasteiger partial charge on any atom is 0.330 e.